The molecule has 0 bridgehead atoms. The second-order valence-electron chi connectivity index (χ2n) is 3.02. The summed E-state index contributed by atoms with van der Waals surface area (Å²) in [5.41, 5.74) is 1.23. The van der Waals surface area contributed by atoms with Gasteiger partial charge in [0, 0.05) is 19.0 Å². The first-order chi connectivity index (χ1) is 6.74. The molecule has 0 aromatic carbocycles. The normalized spacial score (nSPS) is 9.43. The number of ketones is 1. The van der Waals surface area contributed by atoms with Crippen molar-refractivity contribution < 1.29 is 4.79 Å². The molecular weight excluding hydrogens is 176 g/mol. The summed E-state index contributed by atoms with van der Waals surface area (Å²) in [6.07, 6.45) is 9.97. The SMILES string of the molecule is C#CCCCC(=O)c1cnc(C)cn1. The minimum Gasteiger partial charge on any atom is -0.292 e. The summed E-state index contributed by atoms with van der Waals surface area (Å²) in [5, 5.41) is 0. The topological polar surface area (TPSA) is 42.9 Å². The lowest BCUT2D eigenvalue weighted by Gasteiger charge is -1.98. The third kappa shape index (κ3) is 2.98. The number of aryl methyl sites for hydroxylation is 1. The maximum Gasteiger partial charge on any atom is 0.182 e. The van der Waals surface area contributed by atoms with Crippen LogP contribution in [0, 0.1) is 19.3 Å². The number of carbonyl (C=O) groups is 1. The second-order valence-corrected chi connectivity index (χ2v) is 3.02. The third-order valence-electron chi connectivity index (χ3n) is 1.79. The molecule has 1 rings (SSSR count). The van der Waals surface area contributed by atoms with Crippen LogP contribution in [0.2, 0.25) is 0 Å². The monoisotopic (exact) mass is 188 g/mol. The van der Waals surface area contributed by atoms with Crippen LogP contribution in [-0.2, 0) is 0 Å². The highest BCUT2D eigenvalue weighted by Gasteiger charge is 2.06. The molecule has 1 aromatic heterocycles. The van der Waals surface area contributed by atoms with Crippen molar-refractivity contribution in [2.24, 2.45) is 0 Å². The first-order valence-corrected chi connectivity index (χ1v) is 4.49. The van der Waals surface area contributed by atoms with Crippen molar-refractivity contribution >= 4 is 5.78 Å². The van der Waals surface area contributed by atoms with Gasteiger partial charge >= 0.3 is 0 Å². The Morgan fingerprint density at radius 1 is 1.50 bits per heavy atom. The molecule has 0 fully saturated rings. The molecule has 0 radical (unpaired) electrons. The lowest BCUT2D eigenvalue weighted by molar-refractivity contribution is 0.0975. The average Bonchev–Trinajstić information content (AvgIpc) is 2.19. The van der Waals surface area contributed by atoms with Gasteiger partial charge in [-0.05, 0) is 13.3 Å². The number of unbranched alkanes of at least 4 members (excludes halogenated alkanes) is 1. The molecule has 1 heterocycles. The molecule has 1 aromatic rings. The van der Waals surface area contributed by atoms with Crippen LogP contribution in [0.4, 0.5) is 0 Å². The fourth-order valence-corrected chi connectivity index (χ4v) is 1.02. The molecule has 72 valence electrons. The van der Waals surface area contributed by atoms with Crippen LogP contribution in [0.15, 0.2) is 12.4 Å². The molecule has 14 heavy (non-hydrogen) atoms. The maximum atomic E-state index is 11.5. The van der Waals surface area contributed by atoms with Gasteiger partial charge in [-0.15, -0.1) is 12.3 Å². The van der Waals surface area contributed by atoms with Crippen LogP contribution in [0.25, 0.3) is 0 Å². The van der Waals surface area contributed by atoms with E-state index in [1.54, 1.807) is 6.20 Å². The van der Waals surface area contributed by atoms with Gasteiger partial charge in [-0.25, -0.2) is 4.98 Å². The van der Waals surface area contributed by atoms with E-state index < -0.39 is 0 Å². The highest BCUT2D eigenvalue weighted by atomic mass is 16.1. The van der Waals surface area contributed by atoms with Gasteiger partial charge in [0.1, 0.15) is 5.69 Å². The van der Waals surface area contributed by atoms with Gasteiger partial charge < -0.3 is 0 Å². The summed E-state index contributed by atoms with van der Waals surface area (Å²) in [7, 11) is 0. The number of hydrogen-bond donors (Lipinski definition) is 0. The summed E-state index contributed by atoms with van der Waals surface area (Å²) in [6.45, 7) is 1.83. The van der Waals surface area contributed by atoms with Crippen LogP contribution in [0.5, 0.6) is 0 Å². The molecule has 0 amide bonds. The van der Waals surface area contributed by atoms with E-state index >= 15 is 0 Å². The largest absolute Gasteiger partial charge is 0.292 e. The fraction of sp³-hybridized carbons (Fsp3) is 0.364. The number of Topliss-reactive ketones (excluding diaryl/α,β-unsaturated/α-hetero) is 1. The van der Waals surface area contributed by atoms with Crippen LogP contribution < -0.4 is 0 Å². The number of rotatable bonds is 4. The molecule has 0 N–H and O–H groups in total. The van der Waals surface area contributed by atoms with Crippen molar-refractivity contribution in [1.82, 2.24) is 9.97 Å². The van der Waals surface area contributed by atoms with Crippen LogP contribution in [-0.4, -0.2) is 15.8 Å². The van der Waals surface area contributed by atoms with Gasteiger partial charge in [-0.2, -0.15) is 0 Å². The predicted molar refractivity (Wildman–Crippen MR) is 53.8 cm³/mol. The molecular formula is C11H12N2O. The van der Waals surface area contributed by atoms with Crippen molar-refractivity contribution in [3.8, 4) is 12.3 Å². The summed E-state index contributed by atoms with van der Waals surface area (Å²) in [4.78, 5) is 19.5. The Morgan fingerprint density at radius 3 is 2.86 bits per heavy atom. The Hall–Kier alpha value is -1.69. The van der Waals surface area contributed by atoms with E-state index in [0.29, 0.717) is 25.0 Å². The Balaban J connectivity index is 2.53. The Bertz CT molecular complexity index is 349. The maximum absolute atomic E-state index is 11.5. The van der Waals surface area contributed by atoms with Crippen molar-refractivity contribution in [2.75, 3.05) is 0 Å². The minimum absolute atomic E-state index is 0.00718. The van der Waals surface area contributed by atoms with E-state index in [1.807, 2.05) is 6.92 Å². The molecule has 3 heteroatoms. The Kier molecular flexibility index (Phi) is 3.81. The standard InChI is InChI=1S/C11H12N2O/c1-3-4-5-6-11(14)10-8-12-9(2)7-13-10/h1,7-8H,4-6H2,2H3. The smallest absolute Gasteiger partial charge is 0.182 e. The van der Waals surface area contributed by atoms with Gasteiger partial charge in [0.25, 0.3) is 0 Å². The summed E-state index contributed by atoms with van der Waals surface area (Å²) >= 11 is 0. The highest BCUT2D eigenvalue weighted by Crippen LogP contribution is 2.03. The first kappa shape index (κ1) is 10.4. The molecule has 0 unspecified atom stereocenters. The third-order valence-corrected chi connectivity index (χ3v) is 1.79. The van der Waals surface area contributed by atoms with E-state index in [4.69, 9.17) is 6.42 Å². The zero-order valence-electron chi connectivity index (χ0n) is 8.16. The zero-order valence-corrected chi connectivity index (χ0v) is 8.16. The van der Waals surface area contributed by atoms with Gasteiger partial charge in [0.2, 0.25) is 0 Å². The van der Waals surface area contributed by atoms with E-state index in [9.17, 15) is 4.79 Å². The number of hydrogen-bond acceptors (Lipinski definition) is 3. The highest BCUT2D eigenvalue weighted by molar-refractivity contribution is 5.93. The van der Waals surface area contributed by atoms with E-state index in [2.05, 4.69) is 15.9 Å². The minimum atomic E-state index is 0.00718. The summed E-state index contributed by atoms with van der Waals surface area (Å²) in [5.74, 6) is 2.50. The molecule has 0 aliphatic rings. The van der Waals surface area contributed by atoms with E-state index in [-0.39, 0.29) is 5.78 Å². The second kappa shape index (κ2) is 5.13. The van der Waals surface area contributed by atoms with Crippen LogP contribution >= 0.6 is 0 Å². The lowest BCUT2D eigenvalue weighted by atomic mass is 10.1. The van der Waals surface area contributed by atoms with E-state index in [1.165, 1.54) is 6.20 Å². The Morgan fingerprint density at radius 2 is 2.29 bits per heavy atom. The van der Waals surface area contributed by atoms with Crippen molar-refractivity contribution in [3.63, 3.8) is 0 Å². The predicted octanol–water partition coefficient (Wildman–Crippen LogP) is 1.77. The van der Waals surface area contributed by atoms with Crippen molar-refractivity contribution in [2.45, 2.75) is 26.2 Å². The zero-order chi connectivity index (χ0) is 10.4. The van der Waals surface area contributed by atoms with Crippen LogP contribution in [0.3, 0.4) is 0 Å². The molecule has 0 saturated heterocycles. The number of nitrogens with zero attached hydrogens (tertiary/aromatic N) is 2. The molecule has 0 aliphatic carbocycles. The molecule has 0 aliphatic heterocycles. The van der Waals surface area contributed by atoms with Gasteiger partial charge in [-0.3, -0.25) is 9.78 Å². The quantitative estimate of drug-likeness (QED) is 0.411. The summed E-state index contributed by atoms with van der Waals surface area (Å²) < 4.78 is 0. The summed E-state index contributed by atoms with van der Waals surface area (Å²) in [6, 6.07) is 0. The van der Waals surface area contributed by atoms with Crippen molar-refractivity contribution in [3.05, 3.63) is 23.8 Å². The average molecular weight is 188 g/mol. The molecule has 3 nitrogen and oxygen atoms in total. The molecule has 0 saturated carbocycles. The fourth-order valence-electron chi connectivity index (χ4n) is 1.02. The number of terminal acetylenes is 1. The van der Waals surface area contributed by atoms with E-state index in [0.717, 1.165) is 5.69 Å². The molecule has 0 atom stereocenters. The Labute approximate surface area is 83.6 Å². The lowest BCUT2D eigenvalue weighted by Crippen LogP contribution is -2.03. The number of carbonyl (C=O) groups excluding carboxylic acids is 1. The van der Waals surface area contributed by atoms with Crippen LogP contribution in [0.1, 0.15) is 35.4 Å². The van der Waals surface area contributed by atoms with Gasteiger partial charge in [-0.1, -0.05) is 0 Å². The molecule has 0 spiro atoms. The van der Waals surface area contributed by atoms with Crippen molar-refractivity contribution in [1.29, 1.82) is 0 Å². The van der Waals surface area contributed by atoms with Gasteiger partial charge in [0.05, 0.1) is 11.9 Å². The number of aromatic nitrogens is 2. The van der Waals surface area contributed by atoms with Gasteiger partial charge in [0.15, 0.2) is 5.78 Å². The first-order valence-electron chi connectivity index (χ1n) is 4.49.